The van der Waals surface area contributed by atoms with Crippen LogP contribution in [0.4, 0.5) is 5.69 Å². The molecule has 1 heterocycles. The summed E-state index contributed by atoms with van der Waals surface area (Å²) >= 11 is 0. The molecular formula is C15H16N4O2. The van der Waals surface area contributed by atoms with Crippen molar-refractivity contribution in [1.29, 1.82) is 0 Å². The van der Waals surface area contributed by atoms with Gasteiger partial charge in [0.25, 0.3) is 5.91 Å². The predicted octanol–water partition coefficient (Wildman–Crippen LogP) is 2.05. The molecule has 0 atom stereocenters. The van der Waals surface area contributed by atoms with Crippen LogP contribution in [0.2, 0.25) is 0 Å². The Morgan fingerprint density at radius 3 is 2.62 bits per heavy atom. The van der Waals surface area contributed by atoms with Crippen molar-refractivity contribution in [1.82, 2.24) is 4.98 Å². The third-order valence-corrected chi connectivity index (χ3v) is 3.00. The molecule has 6 heteroatoms. The van der Waals surface area contributed by atoms with Gasteiger partial charge in [-0.05, 0) is 38.1 Å². The molecule has 108 valence electrons. The zero-order chi connectivity index (χ0) is 15.4. The topological polar surface area (TPSA) is 101 Å². The Morgan fingerprint density at radius 2 is 1.95 bits per heavy atom. The number of benzene rings is 1. The molecule has 21 heavy (non-hydrogen) atoms. The van der Waals surface area contributed by atoms with Crippen LogP contribution < -0.4 is 11.1 Å². The average molecular weight is 284 g/mol. The molecule has 1 aromatic heterocycles. The molecule has 0 saturated carbocycles. The summed E-state index contributed by atoms with van der Waals surface area (Å²) in [5, 5.41) is 14.4. The largest absolute Gasteiger partial charge is 0.409 e. The smallest absolute Gasteiger partial charge is 0.255 e. The van der Waals surface area contributed by atoms with Crippen LogP contribution >= 0.6 is 0 Å². The summed E-state index contributed by atoms with van der Waals surface area (Å²) in [4.78, 5) is 16.5. The lowest BCUT2D eigenvalue weighted by molar-refractivity contribution is 0.102. The van der Waals surface area contributed by atoms with Crippen LogP contribution in [0, 0.1) is 13.8 Å². The Balaban J connectivity index is 2.24. The van der Waals surface area contributed by atoms with Crippen molar-refractivity contribution in [2.24, 2.45) is 10.9 Å². The molecular weight excluding hydrogens is 268 g/mol. The summed E-state index contributed by atoms with van der Waals surface area (Å²) < 4.78 is 0. The average Bonchev–Trinajstić information content (AvgIpc) is 2.49. The highest BCUT2D eigenvalue weighted by Crippen LogP contribution is 2.14. The molecule has 0 saturated heterocycles. The van der Waals surface area contributed by atoms with Gasteiger partial charge < -0.3 is 16.3 Å². The van der Waals surface area contributed by atoms with E-state index in [1.807, 2.05) is 26.0 Å². The van der Waals surface area contributed by atoms with Crippen molar-refractivity contribution < 1.29 is 10.0 Å². The van der Waals surface area contributed by atoms with Gasteiger partial charge in [-0.2, -0.15) is 0 Å². The second-order valence-electron chi connectivity index (χ2n) is 4.61. The molecule has 1 amide bonds. The molecule has 0 aliphatic carbocycles. The molecule has 0 spiro atoms. The summed E-state index contributed by atoms with van der Waals surface area (Å²) in [7, 11) is 0. The monoisotopic (exact) mass is 284 g/mol. The molecule has 4 N–H and O–H groups in total. The molecule has 6 nitrogen and oxygen atoms in total. The van der Waals surface area contributed by atoms with Crippen LogP contribution in [0.25, 0.3) is 0 Å². The van der Waals surface area contributed by atoms with Gasteiger partial charge in [-0.1, -0.05) is 17.3 Å². The van der Waals surface area contributed by atoms with Gasteiger partial charge in [0.15, 0.2) is 5.84 Å². The van der Waals surface area contributed by atoms with Gasteiger partial charge in [-0.15, -0.1) is 0 Å². The molecule has 0 fully saturated rings. The van der Waals surface area contributed by atoms with Gasteiger partial charge in [0.2, 0.25) is 0 Å². The predicted molar refractivity (Wildman–Crippen MR) is 80.6 cm³/mol. The fourth-order valence-corrected chi connectivity index (χ4v) is 1.89. The molecule has 0 bridgehead atoms. The second-order valence-corrected chi connectivity index (χ2v) is 4.61. The first-order valence-corrected chi connectivity index (χ1v) is 6.35. The maximum atomic E-state index is 12.2. The summed E-state index contributed by atoms with van der Waals surface area (Å²) in [5.74, 6) is -0.325. The van der Waals surface area contributed by atoms with Gasteiger partial charge in [0.05, 0.1) is 11.4 Å². The van der Waals surface area contributed by atoms with E-state index < -0.39 is 0 Å². The van der Waals surface area contributed by atoms with Crippen LogP contribution in [0.3, 0.4) is 0 Å². The Bertz CT molecular complexity index is 711. The standard InChI is InChI=1S/C15H16N4O2/c1-9-6-7-13(10(2)17-9)18-15(20)12-5-3-4-11(8-12)14(16)19-21/h3-8,21H,1-2H3,(H2,16,19)(H,18,20). The normalized spacial score (nSPS) is 11.2. The first-order valence-electron chi connectivity index (χ1n) is 6.35. The van der Waals surface area contributed by atoms with Crippen molar-refractivity contribution in [3.05, 3.63) is 58.9 Å². The van der Waals surface area contributed by atoms with E-state index in [0.29, 0.717) is 16.8 Å². The van der Waals surface area contributed by atoms with E-state index in [1.165, 1.54) is 0 Å². The minimum atomic E-state index is -0.281. The number of hydrogen-bond donors (Lipinski definition) is 3. The van der Waals surface area contributed by atoms with Crippen molar-refractivity contribution >= 4 is 17.4 Å². The number of amides is 1. The fourth-order valence-electron chi connectivity index (χ4n) is 1.89. The maximum absolute atomic E-state index is 12.2. The number of hydrogen-bond acceptors (Lipinski definition) is 4. The van der Waals surface area contributed by atoms with Gasteiger partial charge >= 0.3 is 0 Å². The number of carbonyl (C=O) groups excluding carboxylic acids is 1. The van der Waals surface area contributed by atoms with Crippen LogP contribution in [0.5, 0.6) is 0 Å². The van der Waals surface area contributed by atoms with Crippen molar-refractivity contribution in [3.8, 4) is 0 Å². The van der Waals surface area contributed by atoms with Gasteiger partial charge in [-0.25, -0.2) is 0 Å². The van der Waals surface area contributed by atoms with E-state index in [0.717, 1.165) is 11.4 Å². The summed E-state index contributed by atoms with van der Waals surface area (Å²) in [6.07, 6.45) is 0. The molecule has 2 aromatic rings. The van der Waals surface area contributed by atoms with E-state index in [1.54, 1.807) is 24.3 Å². The van der Waals surface area contributed by atoms with Crippen LogP contribution in [-0.2, 0) is 0 Å². The Kier molecular flexibility index (Phi) is 4.18. The minimum absolute atomic E-state index is 0.0437. The van der Waals surface area contributed by atoms with E-state index in [4.69, 9.17) is 10.9 Å². The third kappa shape index (κ3) is 3.36. The quantitative estimate of drug-likeness (QED) is 0.347. The van der Waals surface area contributed by atoms with Crippen LogP contribution in [0.1, 0.15) is 27.3 Å². The van der Waals surface area contributed by atoms with E-state index in [-0.39, 0.29) is 11.7 Å². The molecule has 0 unspecified atom stereocenters. The Labute approximate surface area is 122 Å². The highest BCUT2D eigenvalue weighted by atomic mass is 16.4. The van der Waals surface area contributed by atoms with E-state index in [9.17, 15) is 4.79 Å². The number of pyridine rings is 1. The first-order chi connectivity index (χ1) is 10.0. The third-order valence-electron chi connectivity index (χ3n) is 3.00. The van der Waals surface area contributed by atoms with E-state index in [2.05, 4.69) is 15.5 Å². The highest BCUT2D eigenvalue weighted by Gasteiger charge is 2.10. The molecule has 2 rings (SSSR count). The SMILES string of the molecule is Cc1ccc(NC(=O)c2cccc(/C(N)=N/O)c2)c(C)n1. The van der Waals surface area contributed by atoms with Crippen LogP contribution in [-0.4, -0.2) is 21.9 Å². The first kappa shape index (κ1) is 14.5. The second kappa shape index (κ2) is 6.04. The van der Waals surface area contributed by atoms with Crippen molar-refractivity contribution in [3.63, 3.8) is 0 Å². The number of oxime groups is 1. The zero-order valence-electron chi connectivity index (χ0n) is 11.8. The molecule has 0 radical (unpaired) electrons. The summed E-state index contributed by atoms with van der Waals surface area (Å²) in [6, 6.07) is 10.2. The number of aromatic nitrogens is 1. The lowest BCUT2D eigenvalue weighted by atomic mass is 10.1. The number of nitrogens with zero attached hydrogens (tertiary/aromatic N) is 2. The fraction of sp³-hybridized carbons (Fsp3) is 0.133. The molecule has 1 aromatic carbocycles. The number of rotatable bonds is 3. The molecule has 0 aliphatic heterocycles. The zero-order valence-corrected chi connectivity index (χ0v) is 11.8. The number of nitrogens with two attached hydrogens (primary N) is 1. The number of amidine groups is 1. The number of aryl methyl sites for hydroxylation is 2. The van der Waals surface area contributed by atoms with Gasteiger partial charge in [-0.3, -0.25) is 9.78 Å². The number of nitrogens with one attached hydrogen (secondary N) is 1. The lowest BCUT2D eigenvalue weighted by Crippen LogP contribution is -2.16. The van der Waals surface area contributed by atoms with E-state index >= 15 is 0 Å². The summed E-state index contributed by atoms with van der Waals surface area (Å²) in [6.45, 7) is 3.72. The summed E-state index contributed by atoms with van der Waals surface area (Å²) in [5.41, 5.74) is 8.69. The number of carbonyl (C=O) groups is 1. The van der Waals surface area contributed by atoms with Crippen LogP contribution in [0.15, 0.2) is 41.6 Å². The maximum Gasteiger partial charge on any atom is 0.255 e. The Hall–Kier alpha value is -2.89. The van der Waals surface area contributed by atoms with Crippen molar-refractivity contribution in [2.75, 3.05) is 5.32 Å². The van der Waals surface area contributed by atoms with Crippen molar-refractivity contribution in [2.45, 2.75) is 13.8 Å². The molecule has 0 aliphatic rings. The van der Waals surface area contributed by atoms with Gasteiger partial charge in [0, 0.05) is 16.8 Å². The van der Waals surface area contributed by atoms with Gasteiger partial charge in [0.1, 0.15) is 0 Å². The lowest BCUT2D eigenvalue weighted by Gasteiger charge is -2.09. The highest BCUT2D eigenvalue weighted by molar-refractivity contribution is 6.06. The minimum Gasteiger partial charge on any atom is -0.409 e. The number of anilines is 1. The Morgan fingerprint density at radius 1 is 1.24 bits per heavy atom.